The fourth-order valence-corrected chi connectivity index (χ4v) is 3.02. The summed E-state index contributed by atoms with van der Waals surface area (Å²) in [6, 6.07) is 0. The van der Waals surface area contributed by atoms with Crippen molar-refractivity contribution < 1.29 is 4.74 Å². The van der Waals surface area contributed by atoms with Crippen molar-refractivity contribution in [2.45, 2.75) is 31.8 Å². The highest BCUT2D eigenvalue weighted by atomic mass is 79.9. The van der Waals surface area contributed by atoms with Gasteiger partial charge in [-0.3, -0.25) is 0 Å². The first-order chi connectivity index (χ1) is 6.74. The van der Waals surface area contributed by atoms with Crippen LogP contribution in [0, 0.1) is 5.41 Å². The molecule has 0 amide bonds. The van der Waals surface area contributed by atoms with Crippen LogP contribution in [-0.4, -0.2) is 43.1 Å². The monoisotopic (exact) mass is 261 g/mol. The van der Waals surface area contributed by atoms with Crippen LogP contribution in [0.5, 0.6) is 0 Å². The lowest BCUT2D eigenvalue weighted by atomic mass is 10.1. The van der Waals surface area contributed by atoms with E-state index in [0.29, 0.717) is 11.5 Å². The average molecular weight is 262 g/mol. The zero-order chi connectivity index (χ0) is 10.0. The summed E-state index contributed by atoms with van der Waals surface area (Å²) in [6.07, 6.45) is 5.81. The third-order valence-electron chi connectivity index (χ3n) is 3.39. The van der Waals surface area contributed by atoms with Gasteiger partial charge in [0, 0.05) is 25.0 Å². The molecule has 1 saturated carbocycles. The second kappa shape index (κ2) is 4.50. The Balaban J connectivity index is 1.70. The summed E-state index contributed by atoms with van der Waals surface area (Å²) < 4.78 is 5.64. The maximum atomic E-state index is 5.64. The molecule has 0 aromatic heterocycles. The number of ether oxygens (including phenoxy) is 1. The molecule has 14 heavy (non-hydrogen) atoms. The Bertz CT molecular complexity index is 188. The van der Waals surface area contributed by atoms with E-state index in [1.54, 1.807) is 0 Å². The second-order valence-corrected chi connectivity index (χ2v) is 5.53. The van der Waals surface area contributed by atoms with Gasteiger partial charge < -0.3 is 9.64 Å². The lowest BCUT2D eigenvalue weighted by molar-refractivity contribution is 0.0764. The molecule has 1 heterocycles. The van der Waals surface area contributed by atoms with Gasteiger partial charge in [0.15, 0.2) is 0 Å². The van der Waals surface area contributed by atoms with E-state index in [2.05, 4.69) is 27.9 Å². The van der Waals surface area contributed by atoms with Gasteiger partial charge in [0.1, 0.15) is 0 Å². The quantitative estimate of drug-likeness (QED) is 0.705. The van der Waals surface area contributed by atoms with Crippen molar-refractivity contribution in [3.05, 3.63) is 0 Å². The maximum Gasteiger partial charge on any atom is 0.0702 e. The van der Waals surface area contributed by atoms with Crippen LogP contribution in [0.25, 0.3) is 0 Å². The minimum atomic E-state index is 0.506. The van der Waals surface area contributed by atoms with Crippen LogP contribution in [-0.2, 0) is 4.74 Å². The molecule has 1 unspecified atom stereocenters. The first kappa shape index (κ1) is 10.9. The van der Waals surface area contributed by atoms with Crippen molar-refractivity contribution in [2.75, 3.05) is 32.1 Å². The topological polar surface area (TPSA) is 12.5 Å². The smallest absolute Gasteiger partial charge is 0.0702 e. The van der Waals surface area contributed by atoms with E-state index >= 15 is 0 Å². The van der Waals surface area contributed by atoms with Gasteiger partial charge in [0.25, 0.3) is 0 Å². The van der Waals surface area contributed by atoms with Crippen molar-refractivity contribution in [1.82, 2.24) is 4.90 Å². The Morgan fingerprint density at radius 2 is 2.29 bits per heavy atom. The van der Waals surface area contributed by atoms with Gasteiger partial charge in [0.2, 0.25) is 0 Å². The Labute approximate surface area is 95.1 Å². The van der Waals surface area contributed by atoms with Gasteiger partial charge in [-0.15, -0.1) is 0 Å². The molecule has 1 atom stereocenters. The molecule has 2 rings (SSSR count). The third-order valence-corrected chi connectivity index (χ3v) is 4.57. The van der Waals surface area contributed by atoms with Crippen LogP contribution < -0.4 is 0 Å². The number of hydrogen-bond acceptors (Lipinski definition) is 2. The number of alkyl halides is 1. The minimum absolute atomic E-state index is 0.506. The fraction of sp³-hybridized carbons (Fsp3) is 1.00. The average Bonchev–Trinajstić information content (AvgIpc) is 2.74. The van der Waals surface area contributed by atoms with Gasteiger partial charge in [-0.1, -0.05) is 15.9 Å². The van der Waals surface area contributed by atoms with E-state index in [-0.39, 0.29) is 0 Å². The largest absolute Gasteiger partial charge is 0.377 e. The molecule has 0 spiro atoms. The van der Waals surface area contributed by atoms with Gasteiger partial charge in [-0.2, -0.15) is 0 Å². The number of rotatable bonds is 5. The van der Waals surface area contributed by atoms with Crippen LogP contribution in [0.3, 0.4) is 0 Å². The van der Waals surface area contributed by atoms with Gasteiger partial charge in [0.05, 0.1) is 6.10 Å². The van der Waals surface area contributed by atoms with Crippen molar-refractivity contribution in [3.63, 3.8) is 0 Å². The molecule has 0 aromatic carbocycles. The van der Waals surface area contributed by atoms with E-state index in [1.807, 2.05) is 0 Å². The van der Waals surface area contributed by atoms with Crippen LogP contribution in [0.1, 0.15) is 25.7 Å². The van der Waals surface area contributed by atoms with Gasteiger partial charge >= 0.3 is 0 Å². The first-order valence-corrected chi connectivity index (χ1v) is 6.72. The van der Waals surface area contributed by atoms with E-state index < -0.39 is 0 Å². The van der Waals surface area contributed by atoms with Crippen molar-refractivity contribution >= 4 is 15.9 Å². The third kappa shape index (κ3) is 2.71. The predicted octanol–water partition coefficient (Wildman–Crippen LogP) is 2.27. The number of likely N-dealkylation sites (N-methyl/N-ethyl adjacent to an activating group) is 1. The normalized spacial score (nSPS) is 29.8. The summed E-state index contributed by atoms with van der Waals surface area (Å²) >= 11 is 3.62. The van der Waals surface area contributed by atoms with E-state index in [4.69, 9.17) is 4.74 Å². The molecular formula is C11H20BrNO. The number of nitrogens with zero attached hydrogens (tertiary/aromatic N) is 1. The Kier molecular flexibility index (Phi) is 3.50. The highest BCUT2D eigenvalue weighted by Gasteiger charge is 2.42. The highest BCUT2D eigenvalue weighted by Crippen LogP contribution is 2.47. The van der Waals surface area contributed by atoms with E-state index in [1.165, 1.54) is 32.2 Å². The molecule has 2 aliphatic rings. The van der Waals surface area contributed by atoms with Crippen LogP contribution in [0.15, 0.2) is 0 Å². The van der Waals surface area contributed by atoms with E-state index in [9.17, 15) is 0 Å². The lowest BCUT2D eigenvalue weighted by Gasteiger charge is -2.24. The summed E-state index contributed by atoms with van der Waals surface area (Å²) in [6.45, 7) is 3.33. The second-order valence-electron chi connectivity index (χ2n) is 4.97. The van der Waals surface area contributed by atoms with Crippen molar-refractivity contribution in [2.24, 2.45) is 5.41 Å². The standard InChI is InChI=1S/C11H20BrNO/c1-13(7-10-3-2-6-14-10)9-11(8-12)4-5-11/h10H,2-9H2,1H3. The van der Waals surface area contributed by atoms with Gasteiger partial charge in [-0.05, 0) is 38.1 Å². The first-order valence-electron chi connectivity index (χ1n) is 5.60. The van der Waals surface area contributed by atoms with Crippen molar-refractivity contribution in [3.8, 4) is 0 Å². The predicted molar refractivity (Wildman–Crippen MR) is 61.9 cm³/mol. The summed E-state index contributed by atoms with van der Waals surface area (Å²) in [7, 11) is 2.23. The van der Waals surface area contributed by atoms with E-state index in [0.717, 1.165) is 18.5 Å². The SMILES string of the molecule is CN(CC1CCCO1)CC1(CBr)CC1. The molecule has 0 aromatic rings. The molecule has 0 N–H and O–H groups in total. The molecule has 0 bridgehead atoms. The maximum absolute atomic E-state index is 5.64. The Morgan fingerprint density at radius 3 is 2.79 bits per heavy atom. The Morgan fingerprint density at radius 1 is 1.50 bits per heavy atom. The number of hydrogen-bond donors (Lipinski definition) is 0. The molecule has 1 aliphatic heterocycles. The fourth-order valence-electron chi connectivity index (χ4n) is 2.28. The molecule has 2 fully saturated rings. The van der Waals surface area contributed by atoms with Crippen LogP contribution >= 0.6 is 15.9 Å². The van der Waals surface area contributed by atoms with Gasteiger partial charge in [-0.25, -0.2) is 0 Å². The summed E-state index contributed by atoms with van der Waals surface area (Å²) in [5, 5.41) is 1.16. The molecular weight excluding hydrogens is 242 g/mol. The number of halogens is 1. The van der Waals surface area contributed by atoms with Crippen LogP contribution in [0.2, 0.25) is 0 Å². The summed E-state index contributed by atoms with van der Waals surface area (Å²) in [4.78, 5) is 2.45. The molecule has 2 nitrogen and oxygen atoms in total. The van der Waals surface area contributed by atoms with Crippen molar-refractivity contribution in [1.29, 1.82) is 0 Å². The molecule has 1 aliphatic carbocycles. The summed E-state index contributed by atoms with van der Waals surface area (Å²) in [5.74, 6) is 0. The zero-order valence-corrected chi connectivity index (χ0v) is 10.6. The lowest BCUT2D eigenvalue weighted by Crippen LogP contribution is -2.34. The molecule has 3 heteroatoms. The zero-order valence-electron chi connectivity index (χ0n) is 8.97. The van der Waals surface area contributed by atoms with Crippen LogP contribution in [0.4, 0.5) is 0 Å². The molecule has 1 saturated heterocycles. The highest BCUT2D eigenvalue weighted by molar-refractivity contribution is 9.09. The molecule has 82 valence electrons. The minimum Gasteiger partial charge on any atom is -0.377 e. The molecule has 0 radical (unpaired) electrons. The summed E-state index contributed by atoms with van der Waals surface area (Å²) in [5.41, 5.74) is 0.605. The Hall–Kier alpha value is 0.400.